The van der Waals surface area contributed by atoms with Gasteiger partial charge in [-0.25, -0.2) is 0 Å². The van der Waals surface area contributed by atoms with E-state index < -0.39 is 0 Å². The van der Waals surface area contributed by atoms with Gasteiger partial charge < -0.3 is 9.47 Å². The normalized spacial score (nSPS) is 26.7. The Hall–Kier alpha value is 0.137. The van der Waals surface area contributed by atoms with E-state index in [1.54, 1.807) is 0 Å². The van der Waals surface area contributed by atoms with E-state index in [0.717, 1.165) is 25.4 Å². The van der Waals surface area contributed by atoms with Crippen molar-refractivity contribution in [2.75, 3.05) is 19.8 Å². The maximum absolute atomic E-state index is 5.37. The topological polar surface area (TPSA) is 21.8 Å². The third-order valence-corrected chi connectivity index (χ3v) is 2.12. The predicted octanol–water partition coefficient (Wildman–Crippen LogP) is -0.0343. The zero-order valence-electron chi connectivity index (χ0n) is 6.80. The van der Waals surface area contributed by atoms with Crippen LogP contribution >= 0.6 is 0 Å². The van der Waals surface area contributed by atoms with Crippen LogP contribution in [-0.4, -0.2) is 36.2 Å². The Balaban J connectivity index is 1.76. The molecule has 1 heterocycles. The van der Waals surface area contributed by atoms with Crippen molar-refractivity contribution < 1.29 is 9.47 Å². The van der Waals surface area contributed by atoms with Crippen LogP contribution in [0.5, 0.6) is 0 Å². The van der Waals surface area contributed by atoms with Crippen LogP contribution in [0.3, 0.4) is 0 Å². The summed E-state index contributed by atoms with van der Waals surface area (Å²) in [7, 11) is 1.29. The van der Waals surface area contributed by atoms with Crippen LogP contribution in [-0.2, 0) is 9.47 Å². The van der Waals surface area contributed by atoms with Crippen LogP contribution in [0, 0.1) is 0 Å². The minimum Gasteiger partial charge on any atom is -0.379 e. The molecule has 10 heavy (non-hydrogen) atoms. The molecule has 2 unspecified atom stereocenters. The molecule has 1 rings (SSSR count). The quantitative estimate of drug-likeness (QED) is 0.320. The van der Waals surface area contributed by atoms with Crippen LogP contribution in [0.25, 0.3) is 0 Å². The van der Waals surface area contributed by atoms with Gasteiger partial charge in [0.15, 0.2) is 0 Å². The van der Waals surface area contributed by atoms with E-state index >= 15 is 0 Å². The van der Waals surface area contributed by atoms with Gasteiger partial charge in [-0.05, 0) is 6.42 Å². The Morgan fingerprint density at radius 1 is 1.80 bits per heavy atom. The zero-order valence-corrected chi connectivity index (χ0v) is 8.80. The van der Waals surface area contributed by atoms with Gasteiger partial charge in [0, 0.05) is 16.8 Å². The molecule has 2 nitrogen and oxygen atoms in total. The first-order chi connectivity index (χ1) is 4.79. The molecule has 1 aliphatic heterocycles. The van der Waals surface area contributed by atoms with Crippen molar-refractivity contribution in [1.82, 2.24) is 0 Å². The predicted molar refractivity (Wildman–Crippen MR) is 44.5 cm³/mol. The monoisotopic (exact) mass is 160 g/mol. The van der Waals surface area contributed by atoms with Crippen LogP contribution in [0.15, 0.2) is 0 Å². The molecule has 0 aromatic heterocycles. The lowest BCUT2D eigenvalue weighted by Gasteiger charge is -2.03. The van der Waals surface area contributed by atoms with E-state index in [1.807, 2.05) is 0 Å². The molecule has 1 saturated heterocycles. The highest BCUT2D eigenvalue weighted by Gasteiger charge is 2.21. The SMILES string of the molecule is CC([SiH3])CCOCC1CO1. The molecule has 0 spiro atoms. The number of hydrogen-bond acceptors (Lipinski definition) is 2. The molecule has 0 radical (unpaired) electrons. The number of hydrogen-bond donors (Lipinski definition) is 0. The summed E-state index contributed by atoms with van der Waals surface area (Å²) < 4.78 is 10.4. The number of rotatable bonds is 5. The minimum atomic E-state index is 0.435. The molecule has 0 amide bonds. The molecule has 60 valence electrons. The van der Waals surface area contributed by atoms with Crippen molar-refractivity contribution in [3.63, 3.8) is 0 Å². The van der Waals surface area contributed by atoms with Crippen molar-refractivity contribution in [3.8, 4) is 0 Å². The maximum Gasteiger partial charge on any atom is 0.104 e. The molecular formula is C7H16O2Si. The standard InChI is InChI=1S/C7H16O2Si/c1-6(10)2-3-8-4-7-5-9-7/h6-7H,2-5H2,1,10H3. The van der Waals surface area contributed by atoms with E-state index in [2.05, 4.69) is 6.92 Å². The lowest BCUT2D eigenvalue weighted by Crippen LogP contribution is -2.04. The second-order valence-electron chi connectivity index (χ2n) is 3.21. The van der Waals surface area contributed by atoms with Crippen LogP contribution in [0.4, 0.5) is 0 Å². The number of ether oxygens (including phenoxy) is 2. The molecule has 3 heteroatoms. The maximum atomic E-state index is 5.37. The molecule has 0 aromatic carbocycles. The van der Waals surface area contributed by atoms with E-state index in [4.69, 9.17) is 9.47 Å². The molecule has 0 N–H and O–H groups in total. The van der Waals surface area contributed by atoms with Crippen molar-refractivity contribution in [1.29, 1.82) is 0 Å². The van der Waals surface area contributed by atoms with Gasteiger partial charge in [-0.3, -0.25) is 0 Å². The average Bonchev–Trinajstić information content (AvgIpc) is 2.62. The average molecular weight is 160 g/mol. The summed E-state index contributed by atoms with van der Waals surface area (Å²) in [6, 6.07) is 0. The Kier molecular flexibility index (Phi) is 3.38. The van der Waals surface area contributed by atoms with Gasteiger partial charge in [-0.15, -0.1) is 0 Å². The summed E-state index contributed by atoms with van der Waals surface area (Å²) in [6.07, 6.45) is 1.66. The highest BCUT2D eigenvalue weighted by Crippen LogP contribution is 2.09. The summed E-state index contributed by atoms with van der Waals surface area (Å²) in [5, 5.41) is 0. The Morgan fingerprint density at radius 2 is 2.50 bits per heavy atom. The highest BCUT2D eigenvalue weighted by atomic mass is 28.1. The van der Waals surface area contributed by atoms with Gasteiger partial charge in [0.2, 0.25) is 0 Å². The molecule has 0 saturated carbocycles. The summed E-state index contributed by atoms with van der Waals surface area (Å²) in [5.41, 5.74) is 0.889. The molecule has 1 aliphatic rings. The first kappa shape index (κ1) is 8.24. The van der Waals surface area contributed by atoms with Crippen molar-refractivity contribution in [2.24, 2.45) is 0 Å². The lowest BCUT2D eigenvalue weighted by molar-refractivity contribution is 0.114. The van der Waals surface area contributed by atoms with Gasteiger partial charge in [0.1, 0.15) is 6.10 Å². The lowest BCUT2D eigenvalue weighted by atomic mass is 10.3. The molecule has 2 atom stereocenters. The molecule has 0 aromatic rings. The van der Waals surface area contributed by atoms with E-state index in [9.17, 15) is 0 Å². The van der Waals surface area contributed by atoms with Gasteiger partial charge in [0.25, 0.3) is 0 Å². The van der Waals surface area contributed by atoms with E-state index in [1.165, 1.54) is 16.7 Å². The van der Waals surface area contributed by atoms with E-state index in [-0.39, 0.29) is 0 Å². The van der Waals surface area contributed by atoms with Gasteiger partial charge >= 0.3 is 0 Å². The minimum absolute atomic E-state index is 0.435. The Morgan fingerprint density at radius 3 is 3.00 bits per heavy atom. The third kappa shape index (κ3) is 4.03. The smallest absolute Gasteiger partial charge is 0.104 e. The second kappa shape index (κ2) is 4.11. The Labute approximate surface area is 65.3 Å². The fourth-order valence-electron chi connectivity index (χ4n) is 0.698. The second-order valence-corrected chi connectivity index (χ2v) is 5.18. The van der Waals surface area contributed by atoms with Crippen molar-refractivity contribution in [3.05, 3.63) is 0 Å². The zero-order chi connectivity index (χ0) is 7.40. The van der Waals surface area contributed by atoms with Crippen molar-refractivity contribution >= 4 is 10.2 Å². The van der Waals surface area contributed by atoms with Gasteiger partial charge in [0.05, 0.1) is 13.2 Å². The largest absolute Gasteiger partial charge is 0.379 e. The molecule has 1 fully saturated rings. The molecule has 0 aliphatic carbocycles. The van der Waals surface area contributed by atoms with Crippen molar-refractivity contribution in [2.45, 2.75) is 25.0 Å². The highest BCUT2D eigenvalue weighted by molar-refractivity contribution is 6.11. The summed E-state index contributed by atoms with van der Waals surface area (Å²) >= 11 is 0. The van der Waals surface area contributed by atoms with Crippen LogP contribution in [0.2, 0.25) is 5.54 Å². The van der Waals surface area contributed by atoms with Crippen LogP contribution in [0.1, 0.15) is 13.3 Å². The fraction of sp³-hybridized carbons (Fsp3) is 1.00. The first-order valence-electron chi connectivity index (χ1n) is 3.98. The van der Waals surface area contributed by atoms with Crippen LogP contribution < -0.4 is 0 Å². The number of epoxide rings is 1. The molecule has 0 bridgehead atoms. The Bertz CT molecular complexity index is 87.6. The fourth-order valence-corrected chi connectivity index (χ4v) is 0.934. The van der Waals surface area contributed by atoms with E-state index in [0.29, 0.717) is 6.10 Å². The molecular weight excluding hydrogens is 144 g/mol. The van der Waals surface area contributed by atoms with Gasteiger partial charge in [-0.2, -0.15) is 0 Å². The summed E-state index contributed by atoms with van der Waals surface area (Å²) in [4.78, 5) is 0. The van der Waals surface area contributed by atoms with Gasteiger partial charge in [-0.1, -0.05) is 12.5 Å². The summed E-state index contributed by atoms with van der Waals surface area (Å²) in [6.45, 7) is 4.92. The first-order valence-corrected chi connectivity index (χ1v) is 5.14. The third-order valence-electron chi connectivity index (χ3n) is 1.55. The summed E-state index contributed by atoms with van der Waals surface area (Å²) in [5.74, 6) is 0.